The first-order chi connectivity index (χ1) is 19.6. The number of methoxy groups -OCH3 is 2. The van der Waals surface area contributed by atoms with Crippen LogP contribution in [0.1, 0.15) is 29.2 Å². The second-order valence-electron chi connectivity index (χ2n) is 9.91. The predicted octanol–water partition coefficient (Wildman–Crippen LogP) is 2.29. The van der Waals surface area contributed by atoms with Crippen molar-refractivity contribution in [1.82, 2.24) is 14.5 Å². The van der Waals surface area contributed by atoms with Crippen molar-refractivity contribution in [3.8, 4) is 22.8 Å². The summed E-state index contributed by atoms with van der Waals surface area (Å²) in [5, 5.41) is 2.70. The molecular formula is C30H38N6O5. The first-order valence-corrected chi connectivity index (χ1v) is 13.5. The van der Waals surface area contributed by atoms with Crippen molar-refractivity contribution in [2.24, 2.45) is 16.5 Å². The molecule has 5 N–H and O–H groups in total. The number of aromatic nitrogens is 2. The molecule has 3 aromatic rings. The lowest BCUT2D eigenvalue weighted by Crippen LogP contribution is -2.44. The number of carbonyl (C=O) groups is 1. The molecule has 1 aliphatic rings. The topological polar surface area (TPSA) is 148 Å². The summed E-state index contributed by atoms with van der Waals surface area (Å²) in [5.74, 6) is 0.504. The van der Waals surface area contributed by atoms with E-state index >= 15 is 0 Å². The number of fused-ring (bicyclic) bond motifs is 3. The minimum Gasteiger partial charge on any atom is -0.493 e. The van der Waals surface area contributed by atoms with Crippen LogP contribution in [0.15, 0.2) is 51.7 Å². The van der Waals surface area contributed by atoms with Gasteiger partial charge in [0.1, 0.15) is 5.49 Å². The van der Waals surface area contributed by atoms with Gasteiger partial charge in [-0.1, -0.05) is 17.7 Å². The number of hydrogen-bond acceptors (Lipinski definition) is 8. The van der Waals surface area contributed by atoms with Crippen LogP contribution in [-0.2, 0) is 29.0 Å². The van der Waals surface area contributed by atoms with Crippen LogP contribution >= 0.6 is 0 Å². The van der Waals surface area contributed by atoms with Crippen molar-refractivity contribution in [2.45, 2.75) is 47.2 Å². The van der Waals surface area contributed by atoms with Crippen LogP contribution in [0.4, 0.5) is 5.69 Å². The summed E-state index contributed by atoms with van der Waals surface area (Å²) in [6, 6.07) is 9.93. The number of nitrogens with zero attached hydrogens (tertiary/aromatic N) is 3. The zero-order valence-electron chi connectivity index (χ0n) is 24.5. The van der Waals surface area contributed by atoms with Gasteiger partial charge in [-0.15, -0.1) is 0 Å². The monoisotopic (exact) mass is 562 g/mol. The highest BCUT2D eigenvalue weighted by Crippen LogP contribution is 2.37. The van der Waals surface area contributed by atoms with Crippen LogP contribution in [0.25, 0.3) is 11.3 Å². The third-order valence-corrected chi connectivity index (χ3v) is 7.08. The molecule has 2 aromatic carbocycles. The van der Waals surface area contributed by atoms with Gasteiger partial charge in [0.2, 0.25) is 5.88 Å². The van der Waals surface area contributed by atoms with E-state index in [1.54, 1.807) is 16.2 Å². The average Bonchev–Trinajstić information content (AvgIpc) is 2.94. The highest BCUT2D eigenvalue weighted by molar-refractivity contribution is 5.92. The zero-order chi connectivity index (χ0) is 29.8. The van der Waals surface area contributed by atoms with E-state index in [1.807, 2.05) is 45.9 Å². The van der Waals surface area contributed by atoms with Crippen molar-refractivity contribution < 1.29 is 19.0 Å². The maximum absolute atomic E-state index is 14.0. The molecule has 0 spiro atoms. The molecule has 0 radical (unpaired) electrons. The Bertz CT molecular complexity index is 1630. The Morgan fingerprint density at radius 1 is 1.05 bits per heavy atom. The van der Waals surface area contributed by atoms with E-state index in [-0.39, 0.29) is 30.4 Å². The standard InChI is InChI=1S/C30H38N6O5/c1-7-41-24-14-20-8-10-35-22(21(20)15-23(24)39-5)16-25(34-27-18(3)12-17(2)13-19(27)4)36(30(35)38)11-9-33-29(37)26(31)28(32)40-6/h12-16H,7-11,31-32H2,1-6H3,(H,33,37)/b28-26+,34-25?. The maximum atomic E-state index is 14.0. The van der Waals surface area contributed by atoms with Crippen molar-refractivity contribution in [1.29, 1.82) is 0 Å². The van der Waals surface area contributed by atoms with Crippen LogP contribution < -0.4 is 37.4 Å². The fourth-order valence-electron chi connectivity index (χ4n) is 5.14. The summed E-state index contributed by atoms with van der Waals surface area (Å²) < 4.78 is 19.5. The average molecular weight is 563 g/mol. The van der Waals surface area contributed by atoms with Gasteiger partial charge in [0.15, 0.2) is 17.2 Å². The molecule has 218 valence electrons. The number of nitrogens with two attached hydrogens (primary N) is 2. The lowest BCUT2D eigenvalue weighted by Gasteiger charge is -2.25. The number of carbonyl (C=O) groups excluding carboxylic acids is 1. The number of nitrogens with one attached hydrogen (secondary N) is 1. The van der Waals surface area contributed by atoms with Crippen molar-refractivity contribution in [3.63, 3.8) is 0 Å². The Morgan fingerprint density at radius 2 is 1.76 bits per heavy atom. The van der Waals surface area contributed by atoms with Gasteiger partial charge in [0, 0.05) is 31.3 Å². The van der Waals surface area contributed by atoms with Gasteiger partial charge in [0.25, 0.3) is 5.91 Å². The molecule has 0 aliphatic carbocycles. The molecule has 1 amide bonds. The fraction of sp³-hybridized carbons (Fsp3) is 0.367. The Morgan fingerprint density at radius 3 is 2.39 bits per heavy atom. The predicted molar refractivity (Wildman–Crippen MR) is 157 cm³/mol. The van der Waals surface area contributed by atoms with E-state index in [0.29, 0.717) is 36.6 Å². The summed E-state index contributed by atoms with van der Waals surface area (Å²) in [4.78, 5) is 31.4. The van der Waals surface area contributed by atoms with E-state index in [2.05, 4.69) is 17.4 Å². The van der Waals surface area contributed by atoms with Crippen LogP contribution in [0.5, 0.6) is 11.5 Å². The van der Waals surface area contributed by atoms with E-state index in [1.165, 1.54) is 7.11 Å². The third kappa shape index (κ3) is 5.93. The first-order valence-electron chi connectivity index (χ1n) is 13.5. The summed E-state index contributed by atoms with van der Waals surface area (Å²) in [7, 11) is 2.92. The second kappa shape index (κ2) is 12.2. The minimum atomic E-state index is -0.585. The molecule has 0 saturated heterocycles. The smallest absolute Gasteiger partial charge is 0.330 e. The number of aryl methyl sites for hydroxylation is 4. The first kappa shape index (κ1) is 29.3. The normalized spacial score (nSPS) is 13.2. The molecule has 0 fully saturated rings. The van der Waals surface area contributed by atoms with E-state index < -0.39 is 5.91 Å². The summed E-state index contributed by atoms with van der Waals surface area (Å²) in [6.45, 7) is 9.23. The molecule has 41 heavy (non-hydrogen) atoms. The van der Waals surface area contributed by atoms with Crippen LogP contribution in [0, 0.1) is 20.8 Å². The molecule has 1 aliphatic heterocycles. The lowest BCUT2D eigenvalue weighted by atomic mass is 9.97. The highest BCUT2D eigenvalue weighted by Gasteiger charge is 2.23. The van der Waals surface area contributed by atoms with Crippen LogP contribution in [0.3, 0.4) is 0 Å². The Hall–Kier alpha value is -4.67. The SMILES string of the molecule is CCOc1cc2c(cc1OC)-c1cc(=Nc3c(C)cc(C)cc3C)n(CCNC(=O)/C(N)=C(/N)OC)c(=O)n1CC2. The Labute approximate surface area is 239 Å². The Balaban J connectivity index is 1.87. The van der Waals surface area contributed by atoms with Crippen molar-refractivity contribution in [2.75, 3.05) is 27.4 Å². The maximum Gasteiger partial charge on any atom is 0.330 e. The van der Waals surface area contributed by atoms with Gasteiger partial charge >= 0.3 is 5.69 Å². The minimum absolute atomic E-state index is 0.117. The quantitative estimate of drug-likeness (QED) is 0.268. The largest absolute Gasteiger partial charge is 0.493 e. The van der Waals surface area contributed by atoms with E-state index in [9.17, 15) is 9.59 Å². The van der Waals surface area contributed by atoms with Gasteiger partial charge < -0.3 is 31.0 Å². The summed E-state index contributed by atoms with van der Waals surface area (Å²) in [5.41, 5.74) is 18.0. The molecule has 0 unspecified atom stereocenters. The summed E-state index contributed by atoms with van der Waals surface area (Å²) in [6.07, 6.45) is 0.646. The van der Waals surface area contributed by atoms with E-state index in [0.717, 1.165) is 39.2 Å². The Kier molecular flexibility index (Phi) is 8.75. The molecule has 2 heterocycles. The number of rotatable bonds is 9. The van der Waals surface area contributed by atoms with Gasteiger partial charge in [-0.3, -0.25) is 13.9 Å². The van der Waals surface area contributed by atoms with Gasteiger partial charge in [0.05, 0.1) is 32.2 Å². The number of ether oxygens (including phenoxy) is 3. The van der Waals surface area contributed by atoms with Gasteiger partial charge in [-0.25, -0.2) is 9.79 Å². The van der Waals surface area contributed by atoms with Gasteiger partial charge in [-0.2, -0.15) is 0 Å². The molecule has 11 nitrogen and oxygen atoms in total. The molecule has 0 bridgehead atoms. The molecule has 1 aromatic heterocycles. The lowest BCUT2D eigenvalue weighted by molar-refractivity contribution is -0.117. The zero-order valence-corrected chi connectivity index (χ0v) is 24.5. The second-order valence-corrected chi connectivity index (χ2v) is 9.91. The number of benzene rings is 2. The van der Waals surface area contributed by atoms with Crippen LogP contribution in [-0.4, -0.2) is 42.4 Å². The third-order valence-electron chi connectivity index (χ3n) is 7.08. The van der Waals surface area contributed by atoms with Crippen molar-refractivity contribution in [3.05, 3.63) is 80.1 Å². The fourth-order valence-corrected chi connectivity index (χ4v) is 5.14. The molecular weight excluding hydrogens is 524 g/mol. The number of hydrogen-bond donors (Lipinski definition) is 3. The molecule has 11 heteroatoms. The highest BCUT2D eigenvalue weighted by atomic mass is 16.5. The van der Waals surface area contributed by atoms with Crippen molar-refractivity contribution >= 4 is 11.6 Å². The number of amides is 1. The summed E-state index contributed by atoms with van der Waals surface area (Å²) >= 11 is 0. The van der Waals surface area contributed by atoms with E-state index in [4.69, 9.17) is 30.7 Å². The van der Waals surface area contributed by atoms with Crippen LogP contribution in [0.2, 0.25) is 0 Å². The molecule has 0 atom stereocenters. The molecule has 4 rings (SSSR count). The van der Waals surface area contributed by atoms with Gasteiger partial charge in [-0.05, 0) is 62.9 Å². The molecule has 0 saturated carbocycles.